The van der Waals surface area contributed by atoms with E-state index in [0.717, 1.165) is 33.3 Å². The first-order valence-electron chi connectivity index (χ1n) is 9.72. The summed E-state index contributed by atoms with van der Waals surface area (Å²) >= 11 is 0. The number of unbranched alkanes of at least 4 members (excludes halogenated alkanes) is 4. The van der Waals surface area contributed by atoms with E-state index in [1.165, 1.54) is 39.4 Å². The first-order valence-corrected chi connectivity index (χ1v) is 9.72. The highest BCUT2D eigenvalue weighted by atomic mass is 16.6. The highest BCUT2D eigenvalue weighted by Crippen LogP contribution is 2.17. The lowest BCUT2D eigenvalue weighted by atomic mass is 10.1. The minimum atomic E-state index is -0.930. The molecule has 0 aliphatic rings. The van der Waals surface area contributed by atoms with E-state index < -0.39 is 21.9 Å². The monoisotopic (exact) mass is 401 g/mol. The molecular weight excluding hydrogens is 374 g/mol. The molecule has 8 heteroatoms. The fraction of sp³-hybridized carbons (Fsp3) is 0.429. The highest BCUT2D eigenvalue weighted by molar-refractivity contribution is 5.72. The average molecular weight is 401 g/mol. The molecule has 0 atom stereocenters. The normalized spacial score (nSPS) is 11.1. The third-order valence-corrected chi connectivity index (χ3v) is 4.70. The van der Waals surface area contributed by atoms with Gasteiger partial charge in [0.2, 0.25) is 0 Å². The highest BCUT2D eigenvalue weighted by Gasteiger charge is 2.23. The van der Waals surface area contributed by atoms with Gasteiger partial charge in [-0.15, -0.1) is 0 Å². The van der Waals surface area contributed by atoms with E-state index in [4.69, 9.17) is 4.74 Å². The Labute approximate surface area is 169 Å². The van der Waals surface area contributed by atoms with E-state index in [-0.39, 0.29) is 5.69 Å². The van der Waals surface area contributed by atoms with Crippen molar-refractivity contribution in [2.45, 2.75) is 39.0 Å². The Morgan fingerprint density at radius 2 is 1.66 bits per heavy atom. The zero-order valence-corrected chi connectivity index (χ0v) is 17.1. The molecule has 1 aromatic heterocycles. The fourth-order valence-electron chi connectivity index (χ4n) is 2.95. The van der Waals surface area contributed by atoms with Gasteiger partial charge in [0, 0.05) is 14.1 Å². The second-order valence-electron chi connectivity index (χ2n) is 6.86. The van der Waals surface area contributed by atoms with Gasteiger partial charge < -0.3 is 4.74 Å². The number of hydrogen-bond acceptors (Lipinski definition) is 5. The standard InChI is InChI=1S/C21H27N3O5/c1-4-5-6-7-8-15-29-17-12-9-16(10-13-17)11-14-18-19(24(27)28)20(25)23(3)21(26)22(18)2/h9-14H,4-8,15H2,1-3H3. The van der Waals surface area contributed by atoms with Crippen molar-refractivity contribution in [3.8, 4) is 5.75 Å². The topological polar surface area (TPSA) is 96.4 Å². The summed E-state index contributed by atoms with van der Waals surface area (Å²) in [6.45, 7) is 2.85. The maximum atomic E-state index is 12.1. The molecule has 0 aliphatic carbocycles. The van der Waals surface area contributed by atoms with Crippen LogP contribution in [0.25, 0.3) is 12.2 Å². The van der Waals surface area contributed by atoms with E-state index in [1.807, 2.05) is 24.3 Å². The largest absolute Gasteiger partial charge is 0.494 e. The van der Waals surface area contributed by atoms with Crippen LogP contribution in [0, 0.1) is 10.1 Å². The van der Waals surface area contributed by atoms with Crippen molar-refractivity contribution < 1.29 is 9.66 Å². The third-order valence-electron chi connectivity index (χ3n) is 4.70. The Kier molecular flexibility index (Phi) is 7.94. The van der Waals surface area contributed by atoms with Crippen molar-refractivity contribution in [2.24, 2.45) is 14.1 Å². The zero-order chi connectivity index (χ0) is 21.4. The fourth-order valence-corrected chi connectivity index (χ4v) is 2.95. The predicted octanol–water partition coefficient (Wildman–Crippen LogP) is 3.51. The first-order chi connectivity index (χ1) is 13.9. The second kappa shape index (κ2) is 10.4. The smallest absolute Gasteiger partial charge is 0.357 e. The molecule has 0 unspecified atom stereocenters. The summed E-state index contributed by atoms with van der Waals surface area (Å²) in [5.74, 6) is 0.754. The summed E-state index contributed by atoms with van der Waals surface area (Å²) in [7, 11) is 2.61. The molecule has 2 rings (SSSR count). The number of rotatable bonds is 10. The van der Waals surface area contributed by atoms with Gasteiger partial charge in [0.25, 0.3) is 0 Å². The Morgan fingerprint density at radius 3 is 2.28 bits per heavy atom. The second-order valence-corrected chi connectivity index (χ2v) is 6.86. The molecule has 0 aliphatic heterocycles. The van der Waals surface area contributed by atoms with Gasteiger partial charge in [0.05, 0.1) is 11.5 Å². The molecule has 0 N–H and O–H groups in total. The summed E-state index contributed by atoms with van der Waals surface area (Å²) in [5, 5.41) is 11.3. The van der Waals surface area contributed by atoms with Gasteiger partial charge in [-0.2, -0.15) is 0 Å². The Bertz CT molecular complexity index is 987. The lowest BCUT2D eigenvalue weighted by molar-refractivity contribution is -0.387. The van der Waals surface area contributed by atoms with Crippen LogP contribution in [0.4, 0.5) is 5.69 Å². The molecule has 1 aromatic carbocycles. The molecule has 0 bridgehead atoms. The summed E-state index contributed by atoms with van der Waals surface area (Å²) in [5.41, 5.74) is -1.46. The van der Waals surface area contributed by atoms with Crippen LogP contribution in [0.3, 0.4) is 0 Å². The molecule has 1 heterocycles. The Hall–Kier alpha value is -3.16. The molecule has 0 fully saturated rings. The molecule has 29 heavy (non-hydrogen) atoms. The number of ether oxygens (including phenoxy) is 1. The summed E-state index contributed by atoms with van der Waals surface area (Å²) in [6.07, 6.45) is 8.88. The molecule has 0 spiro atoms. The molecule has 0 amide bonds. The van der Waals surface area contributed by atoms with Gasteiger partial charge in [-0.25, -0.2) is 4.79 Å². The predicted molar refractivity (Wildman–Crippen MR) is 113 cm³/mol. The van der Waals surface area contributed by atoms with Crippen LogP contribution in [0.15, 0.2) is 33.9 Å². The minimum Gasteiger partial charge on any atom is -0.494 e. The molecule has 0 saturated heterocycles. The Morgan fingerprint density at radius 1 is 1.00 bits per heavy atom. The van der Waals surface area contributed by atoms with Crippen molar-refractivity contribution >= 4 is 17.8 Å². The molecule has 8 nitrogen and oxygen atoms in total. The first kappa shape index (κ1) is 22.1. The number of nitrogens with zero attached hydrogens (tertiary/aromatic N) is 3. The lowest BCUT2D eigenvalue weighted by Crippen LogP contribution is -2.39. The summed E-state index contributed by atoms with van der Waals surface area (Å²) in [4.78, 5) is 34.7. The van der Waals surface area contributed by atoms with Gasteiger partial charge in [-0.3, -0.25) is 24.0 Å². The maximum Gasteiger partial charge on any atom is 0.357 e. The number of hydrogen-bond donors (Lipinski definition) is 0. The number of nitro groups is 1. The van der Waals surface area contributed by atoms with Gasteiger partial charge in [-0.1, -0.05) is 50.8 Å². The van der Waals surface area contributed by atoms with Gasteiger partial charge in [0.15, 0.2) is 0 Å². The van der Waals surface area contributed by atoms with Crippen molar-refractivity contribution in [3.05, 3.63) is 66.5 Å². The van der Waals surface area contributed by atoms with Crippen LogP contribution in [-0.4, -0.2) is 20.7 Å². The third kappa shape index (κ3) is 5.66. The van der Waals surface area contributed by atoms with E-state index in [1.54, 1.807) is 6.08 Å². The van der Waals surface area contributed by atoms with Crippen LogP contribution in [0.2, 0.25) is 0 Å². The zero-order valence-electron chi connectivity index (χ0n) is 17.1. The van der Waals surface area contributed by atoms with Crippen molar-refractivity contribution in [2.75, 3.05) is 6.61 Å². The van der Waals surface area contributed by atoms with Crippen LogP contribution < -0.4 is 16.0 Å². The number of aromatic nitrogens is 2. The Balaban J connectivity index is 2.12. The van der Waals surface area contributed by atoms with E-state index in [0.29, 0.717) is 6.61 Å². The summed E-state index contributed by atoms with van der Waals surface area (Å²) in [6, 6.07) is 7.27. The van der Waals surface area contributed by atoms with E-state index >= 15 is 0 Å². The van der Waals surface area contributed by atoms with Crippen molar-refractivity contribution in [1.82, 2.24) is 9.13 Å². The van der Waals surface area contributed by atoms with Gasteiger partial charge >= 0.3 is 16.9 Å². The van der Waals surface area contributed by atoms with Crippen LogP contribution in [0.5, 0.6) is 5.75 Å². The van der Waals surface area contributed by atoms with E-state index in [9.17, 15) is 19.7 Å². The minimum absolute atomic E-state index is 0.0458. The lowest BCUT2D eigenvalue weighted by Gasteiger charge is -2.07. The van der Waals surface area contributed by atoms with Crippen LogP contribution >= 0.6 is 0 Å². The van der Waals surface area contributed by atoms with E-state index in [2.05, 4.69) is 6.92 Å². The number of benzene rings is 1. The van der Waals surface area contributed by atoms with Gasteiger partial charge in [-0.05, 0) is 30.2 Å². The van der Waals surface area contributed by atoms with Crippen LogP contribution in [-0.2, 0) is 14.1 Å². The van der Waals surface area contributed by atoms with Crippen molar-refractivity contribution in [3.63, 3.8) is 0 Å². The summed E-state index contributed by atoms with van der Waals surface area (Å²) < 4.78 is 7.53. The SMILES string of the molecule is CCCCCCCOc1ccc(C=Cc2c([N+](=O)[O-])c(=O)n(C)c(=O)n2C)cc1. The van der Waals surface area contributed by atoms with Crippen molar-refractivity contribution in [1.29, 1.82) is 0 Å². The quantitative estimate of drug-likeness (QED) is 0.345. The molecular formula is C21H27N3O5. The molecule has 2 aromatic rings. The average Bonchev–Trinajstić information content (AvgIpc) is 2.71. The van der Waals surface area contributed by atoms with Crippen LogP contribution in [0.1, 0.15) is 50.3 Å². The maximum absolute atomic E-state index is 12.1. The molecule has 156 valence electrons. The molecule has 0 radical (unpaired) electrons. The van der Waals surface area contributed by atoms with Gasteiger partial charge in [0.1, 0.15) is 11.4 Å². The molecule has 0 saturated carbocycles.